The molecule has 0 spiro atoms. The van der Waals surface area contributed by atoms with Crippen molar-refractivity contribution >= 4 is 12.1 Å². The highest BCUT2D eigenvalue weighted by molar-refractivity contribution is 5.94. The van der Waals surface area contributed by atoms with Gasteiger partial charge in [-0.3, -0.25) is 9.89 Å². The second kappa shape index (κ2) is 8.99. The van der Waals surface area contributed by atoms with Gasteiger partial charge in [-0.15, -0.1) is 0 Å². The Hall–Kier alpha value is -3.41. The van der Waals surface area contributed by atoms with Gasteiger partial charge in [0, 0.05) is 5.56 Å². The number of nitrogens with one attached hydrogen (secondary N) is 2. The van der Waals surface area contributed by atoms with E-state index in [9.17, 15) is 4.79 Å². The predicted octanol–water partition coefficient (Wildman–Crippen LogP) is 4.05. The van der Waals surface area contributed by atoms with Crippen molar-refractivity contribution in [3.8, 4) is 17.0 Å². The lowest BCUT2D eigenvalue weighted by molar-refractivity contribution is 0.0950. The molecule has 3 aromatic rings. The highest BCUT2D eigenvalue weighted by Gasteiger charge is 2.10. The van der Waals surface area contributed by atoms with Crippen molar-refractivity contribution in [2.45, 2.75) is 20.3 Å². The summed E-state index contributed by atoms with van der Waals surface area (Å²) in [6, 6.07) is 17.4. The molecule has 0 bridgehead atoms. The van der Waals surface area contributed by atoms with Crippen LogP contribution in [-0.2, 0) is 6.42 Å². The van der Waals surface area contributed by atoms with Crippen LogP contribution < -0.4 is 10.2 Å². The number of H-pyrrole nitrogens is 1. The van der Waals surface area contributed by atoms with E-state index in [-0.39, 0.29) is 5.91 Å². The van der Waals surface area contributed by atoms with Crippen LogP contribution >= 0.6 is 0 Å². The number of hydrogen-bond donors (Lipinski definition) is 2. The minimum Gasteiger partial charge on any atom is -0.497 e. The van der Waals surface area contributed by atoms with E-state index in [1.165, 1.54) is 5.56 Å². The number of carbonyl (C=O) groups excluding carboxylic acids is 1. The van der Waals surface area contributed by atoms with Gasteiger partial charge in [-0.2, -0.15) is 10.2 Å². The fourth-order valence-electron chi connectivity index (χ4n) is 2.82. The molecule has 0 atom stereocenters. The molecule has 0 aliphatic rings. The third kappa shape index (κ3) is 5.07. The first kappa shape index (κ1) is 19.4. The second-order valence-electron chi connectivity index (χ2n) is 6.94. The van der Waals surface area contributed by atoms with Gasteiger partial charge < -0.3 is 4.74 Å². The minimum atomic E-state index is -0.352. The van der Waals surface area contributed by atoms with Crippen LogP contribution in [0.3, 0.4) is 0 Å². The van der Waals surface area contributed by atoms with E-state index >= 15 is 0 Å². The molecule has 3 rings (SSSR count). The average Bonchev–Trinajstić information content (AvgIpc) is 3.18. The second-order valence-corrected chi connectivity index (χ2v) is 6.94. The summed E-state index contributed by atoms with van der Waals surface area (Å²) in [5.41, 5.74) is 6.65. The maximum absolute atomic E-state index is 12.3. The van der Waals surface area contributed by atoms with E-state index < -0.39 is 0 Å². The van der Waals surface area contributed by atoms with Crippen LogP contribution in [0.4, 0.5) is 0 Å². The van der Waals surface area contributed by atoms with Gasteiger partial charge in [-0.05, 0) is 41.7 Å². The fourth-order valence-corrected chi connectivity index (χ4v) is 2.82. The topological polar surface area (TPSA) is 79.4 Å². The van der Waals surface area contributed by atoms with Crippen molar-refractivity contribution in [3.05, 3.63) is 71.4 Å². The predicted molar refractivity (Wildman–Crippen MR) is 111 cm³/mol. The maximum Gasteiger partial charge on any atom is 0.289 e. The molecule has 28 heavy (non-hydrogen) atoms. The molecular weight excluding hydrogens is 352 g/mol. The largest absolute Gasteiger partial charge is 0.497 e. The first-order valence-electron chi connectivity index (χ1n) is 9.17. The summed E-state index contributed by atoms with van der Waals surface area (Å²) in [6.45, 7) is 4.40. The molecule has 2 N–H and O–H groups in total. The lowest BCUT2D eigenvalue weighted by atomic mass is 10.0. The summed E-state index contributed by atoms with van der Waals surface area (Å²) in [5.74, 6) is 0.992. The molecule has 1 heterocycles. The van der Waals surface area contributed by atoms with Gasteiger partial charge in [0.25, 0.3) is 5.91 Å². The van der Waals surface area contributed by atoms with Crippen LogP contribution in [0.1, 0.15) is 35.5 Å². The number of carbonyl (C=O) groups is 1. The van der Waals surface area contributed by atoms with E-state index in [1.54, 1.807) is 19.4 Å². The first-order chi connectivity index (χ1) is 13.5. The summed E-state index contributed by atoms with van der Waals surface area (Å²) in [4.78, 5) is 12.3. The quantitative estimate of drug-likeness (QED) is 0.482. The van der Waals surface area contributed by atoms with Crippen molar-refractivity contribution in [1.29, 1.82) is 0 Å². The molecule has 0 radical (unpaired) electrons. The Morgan fingerprint density at radius 2 is 2.00 bits per heavy atom. The van der Waals surface area contributed by atoms with Crippen LogP contribution in [0.5, 0.6) is 5.75 Å². The van der Waals surface area contributed by atoms with Gasteiger partial charge in [0.1, 0.15) is 11.4 Å². The third-order valence-electron chi connectivity index (χ3n) is 4.19. The Morgan fingerprint density at radius 3 is 2.71 bits per heavy atom. The maximum atomic E-state index is 12.3. The normalized spacial score (nSPS) is 11.1. The molecule has 144 valence electrons. The lowest BCUT2D eigenvalue weighted by Crippen LogP contribution is -2.18. The van der Waals surface area contributed by atoms with Crippen molar-refractivity contribution in [2.75, 3.05) is 7.11 Å². The van der Waals surface area contributed by atoms with E-state index in [0.717, 1.165) is 29.0 Å². The van der Waals surface area contributed by atoms with E-state index in [4.69, 9.17) is 4.74 Å². The summed E-state index contributed by atoms with van der Waals surface area (Å²) in [6.07, 6.45) is 2.60. The molecule has 0 fully saturated rings. The van der Waals surface area contributed by atoms with Crippen LogP contribution in [0.2, 0.25) is 0 Å². The first-order valence-corrected chi connectivity index (χ1v) is 9.17. The number of benzene rings is 2. The monoisotopic (exact) mass is 376 g/mol. The van der Waals surface area contributed by atoms with Crippen molar-refractivity contribution in [1.82, 2.24) is 15.6 Å². The number of nitrogens with zero attached hydrogens (tertiary/aromatic N) is 2. The number of aromatic amines is 1. The number of amides is 1. The van der Waals surface area contributed by atoms with Gasteiger partial charge in [0.05, 0.1) is 19.0 Å². The Bertz CT molecular complexity index is 959. The SMILES string of the molecule is COc1cccc(C=NNC(=O)c2cc(-c3ccc(CC(C)C)cc3)n[nH]2)c1. The van der Waals surface area contributed by atoms with Crippen molar-refractivity contribution < 1.29 is 9.53 Å². The highest BCUT2D eigenvalue weighted by atomic mass is 16.5. The van der Waals surface area contributed by atoms with E-state index in [0.29, 0.717) is 11.6 Å². The Balaban J connectivity index is 1.62. The zero-order valence-electron chi connectivity index (χ0n) is 16.3. The van der Waals surface area contributed by atoms with Crippen LogP contribution in [0.25, 0.3) is 11.3 Å². The Morgan fingerprint density at radius 1 is 1.21 bits per heavy atom. The minimum absolute atomic E-state index is 0.351. The molecular formula is C22H24N4O2. The molecule has 0 saturated heterocycles. The zero-order chi connectivity index (χ0) is 19.9. The van der Waals surface area contributed by atoms with E-state index in [2.05, 4.69) is 46.7 Å². The number of ether oxygens (including phenoxy) is 1. The number of methoxy groups -OCH3 is 1. The van der Waals surface area contributed by atoms with Crippen LogP contribution in [-0.4, -0.2) is 29.4 Å². The number of aromatic nitrogens is 2. The van der Waals surface area contributed by atoms with Crippen molar-refractivity contribution in [2.24, 2.45) is 11.0 Å². The fraction of sp³-hybridized carbons (Fsp3) is 0.227. The lowest BCUT2D eigenvalue weighted by Gasteiger charge is -2.05. The standard InChI is InChI=1S/C22H24N4O2/c1-15(2)11-16-7-9-18(10-8-16)20-13-21(25-24-20)22(27)26-23-14-17-5-4-6-19(12-17)28-3/h4-10,12-15H,11H2,1-3H3,(H,24,25)(H,26,27). The summed E-state index contributed by atoms with van der Waals surface area (Å²) >= 11 is 0. The molecule has 0 saturated carbocycles. The molecule has 1 amide bonds. The molecule has 0 unspecified atom stereocenters. The van der Waals surface area contributed by atoms with Gasteiger partial charge in [0.15, 0.2) is 0 Å². The molecule has 0 aliphatic carbocycles. The van der Waals surface area contributed by atoms with Gasteiger partial charge >= 0.3 is 0 Å². The average molecular weight is 376 g/mol. The summed E-state index contributed by atoms with van der Waals surface area (Å²) < 4.78 is 5.16. The van der Waals surface area contributed by atoms with Gasteiger partial charge in [-0.1, -0.05) is 50.2 Å². The third-order valence-corrected chi connectivity index (χ3v) is 4.19. The number of hydrazone groups is 1. The van der Waals surface area contributed by atoms with Gasteiger partial charge in [0.2, 0.25) is 0 Å². The molecule has 1 aromatic heterocycles. The summed E-state index contributed by atoms with van der Waals surface area (Å²) in [5, 5.41) is 11.0. The number of rotatable bonds is 7. The van der Waals surface area contributed by atoms with Gasteiger partial charge in [-0.25, -0.2) is 5.43 Å². The highest BCUT2D eigenvalue weighted by Crippen LogP contribution is 2.19. The van der Waals surface area contributed by atoms with E-state index in [1.807, 2.05) is 36.4 Å². The summed E-state index contributed by atoms with van der Waals surface area (Å²) in [7, 11) is 1.60. The Kier molecular flexibility index (Phi) is 6.22. The Labute approximate surface area is 164 Å². The number of hydrogen-bond acceptors (Lipinski definition) is 4. The van der Waals surface area contributed by atoms with Crippen molar-refractivity contribution in [3.63, 3.8) is 0 Å². The zero-order valence-corrected chi connectivity index (χ0v) is 16.3. The molecule has 6 heteroatoms. The molecule has 0 aliphatic heterocycles. The molecule has 2 aromatic carbocycles. The van der Waals surface area contributed by atoms with Crippen LogP contribution in [0, 0.1) is 5.92 Å². The molecule has 6 nitrogen and oxygen atoms in total. The van der Waals surface area contributed by atoms with Crippen LogP contribution in [0.15, 0.2) is 59.7 Å². The smallest absolute Gasteiger partial charge is 0.289 e.